The first-order chi connectivity index (χ1) is 10.5. The van der Waals surface area contributed by atoms with Crippen molar-refractivity contribution in [2.24, 2.45) is 0 Å². The maximum absolute atomic E-state index is 12.4. The molecule has 0 saturated heterocycles. The molecule has 1 aliphatic heterocycles. The van der Waals surface area contributed by atoms with Crippen LogP contribution in [0.5, 0.6) is 0 Å². The fourth-order valence-corrected chi connectivity index (χ4v) is 3.55. The molecule has 6 heteroatoms. The summed E-state index contributed by atoms with van der Waals surface area (Å²) in [6, 6.07) is 13.5. The molecular weight excluding hydrogens is 300 g/mol. The third kappa shape index (κ3) is 3.12. The van der Waals surface area contributed by atoms with Crippen molar-refractivity contribution >= 4 is 27.3 Å². The molecule has 2 N–H and O–H groups in total. The number of carbonyl (C=O) groups is 1. The molecule has 114 valence electrons. The first-order valence-corrected chi connectivity index (χ1v) is 8.53. The SMILES string of the molecule is O=C1CCCc2cc(S(=O)(=O)Nc3ccccc3)ccc2N1. The summed E-state index contributed by atoms with van der Waals surface area (Å²) in [5.74, 6) is -0.0308. The van der Waals surface area contributed by atoms with Crippen LogP contribution < -0.4 is 10.0 Å². The van der Waals surface area contributed by atoms with Gasteiger partial charge in [0.1, 0.15) is 0 Å². The first kappa shape index (κ1) is 14.6. The summed E-state index contributed by atoms with van der Waals surface area (Å²) in [4.78, 5) is 11.7. The Balaban J connectivity index is 1.91. The Bertz CT molecular complexity index is 801. The van der Waals surface area contributed by atoms with Gasteiger partial charge in [-0.05, 0) is 48.7 Å². The van der Waals surface area contributed by atoms with Crippen LogP contribution in [0.25, 0.3) is 0 Å². The number of nitrogens with one attached hydrogen (secondary N) is 2. The van der Waals surface area contributed by atoms with Crippen LogP contribution in [0, 0.1) is 0 Å². The third-order valence-electron chi connectivity index (χ3n) is 3.54. The van der Waals surface area contributed by atoms with Crippen LogP contribution in [0.4, 0.5) is 11.4 Å². The minimum absolute atomic E-state index is 0.0308. The lowest BCUT2D eigenvalue weighted by Gasteiger charge is -2.11. The summed E-state index contributed by atoms with van der Waals surface area (Å²) in [6.45, 7) is 0. The molecule has 1 amide bonds. The van der Waals surface area contributed by atoms with E-state index in [1.54, 1.807) is 36.4 Å². The zero-order chi connectivity index (χ0) is 15.6. The molecule has 22 heavy (non-hydrogen) atoms. The van der Waals surface area contributed by atoms with Crippen LogP contribution in [0.2, 0.25) is 0 Å². The highest BCUT2D eigenvalue weighted by molar-refractivity contribution is 7.92. The average molecular weight is 316 g/mol. The number of amides is 1. The highest BCUT2D eigenvalue weighted by Crippen LogP contribution is 2.26. The van der Waals surface area contributed by atoms with Crippen molar-refractivity contribution in [3.63, 3.8) is 0 Å². The van der Waals surface area contributed by atoms with Gasteiger partial charge >= 0.3 is 0 Å². The predicted molar refractivity (Wildman–Crippen MR) is 85.3 cm³/mol. The normalized spacial score (nSPS) is 14.6. The number of sulfonamides is 1. The molecular formula is C16H16N2O3S. The molecule has 0 aromatic heterocycles. The van der Waals surface area contributed by atoms with Crippen LogP contribution in [-0.2, 0) is 21.2 Å². The molecule has 0 spiro atoms. The van der Waals surface area contributed by atoms with Crippen LogP contribution >= 0.6 is 0 Å². The van der Waals surface area contributed by atoms with E-state index in [0.29, 0.717) is 30.6 Å². The zero-order valence-electron chi connectivity index (χ0n) is 11.9. The lowest BCUT2D eigenvalue weighted by molar-refractivity contribution is -0.116. The number of hydrogen-bond donors (Lipinski definition) is 2. The van der Waals surface area contributed by atoms with Gasteiger partial charge in [-0.25, -0.2) is 8.42 Å². The van der Waals surface area contributed by atoms with Crippen molar-refractivity contribution in [3.05, 3.63) is 54.1 Å². The van der Waals surface area contributed by atoms with Crippen molar-refractivity contribution in [2.75, 3.05) is 10.0 Å². The molecule has 0 saturated carbocycles. The monoisotopic (exact) mass is 316 g/mol. The molecule has 2 aromatic rings. The summed E-state index contributed by atoms with van der Waals surface area (Å²) in [7, 11) is -3.63. The lowest BCUT2D eigenvalue weighted by atomic mass is 10.1. The Hall–Kier alpha value is -2.34. The van der Waals surface area contributed by atoms with Gasteiger partial charge in [-0.15, -0.1) is 0 Å². The van der Waals surface area contributed by atoms with Gasteiger partial charge in [-0.1, -0.05) is 18.2 Å². The summed E-state index contributed by atoms with van der Waals surface area (Å²) >= 11 is 0. The van der Waals surface area contributed by atoms with Gasteiger partial charge in [0.05, 0.1) is 4.90 Å². The maximum atomic E-state index is 12.4. The van der Waals surface area contributed by atoms with Gasteiger partial charge in [0.2, 0.25) is 5.91 Å². The van der Waals surface area contributed by atoms with Gasteiger partial charge in [-0.2, -0.15) is 0 Å². The van der Waals surface area contributed by atoms with E-state index in [-0.39, 0.29) is 10.8 Å². The van der Waals surface area contributed by atoms with Crippen molar-refractivity contribution in [1.29, 1.82) is 0 Å². The minimum Gasteiger partial charge on any atom is -0.326 e. The van der Waals surface area contributed by atoms with Crippen molar-refractivity contribution in [3.8, 4) is 0 Å². The van der Waals surface area contributed by atoms with Gasteiger partial charge in [0, 0.05) is 17.8 Å². The van der Waals surface area contributed by atoms with Crippen LogP contribution in [0.3, 0.4) is 0 Å². The van der Waals surface area contributed by atoms with Gasteiger partial charge in [0.15, 0.2) is 0 Å². The molecule has 0 aliphatic carbocycles. The van der Waals surface area contributed by atoms with E-state index >= 15 is 0 Å². The van der Waals surface area contributed by atoms with Gasteiger partial charge in [0.25, 0.3) is 10.0 Å². The van der Waals surface area contributed by atoms with Gasteiger partial charge < -0.3 is 5.32 Å². The molecule has 1 heterocycles. The molecule has 0 radical (unpaired) electrons. The van der Waals surface area contributed by atoms with E-state index < -0.39 is 10.0 Å². The molecule has 0 bridgehead atoms. The smallest absolute Gasteiger partial charge is 0.261 e. The number of hydrogen-bond acceptors (Lipinski definition) is 3. The van der Waals surface area contributed by atoms with Crippen LogP contribution in [0.1, 0.15) is 18.4 Å². The quantitative estimate of drug-likeness (QED) is 0.914. The standard InChI is InChI=1S/C16H16N2O3S/c19-16-8-4-5-12-11-14(9-10-15(12)17-16)22(20,21)18-13-6-2-1-3-7-13/h1-3,6-7,9-11,18H,4-5,8H2,(H,17,19). The lowest BCUT2D eigenvalue weighted by Crippen LogP contribution is -2.14. The summed E-state index contributed by atoms with van der Waals surface area (Å²) in [5.41, 5.74) is 2.06. The Morgan fingerprint density at radius 1 is 1.00 bits per heavy atom. The largest absolute Gasteiger partial charge is 0.326 e. The Labute approximate surface area is 129 Å². The summed E-state index contributed by atoms with van der Waals surface area (Å²) < 4.78 is 27.4. The number of carbonyl (C=O) groups excluding carboxylic acids is 1. The van der Waals surface area contributed by atoms with Crippen LogP contribution in [-0.4, -0.2) is 14.3 Å². The second-order valence-electron chi connectivity index (χ2n) is 5.19. The van der Waals surface area contributed by atoms with Crippen molar-refractivity contribution in [1.82, 2.24) is 0 Å². The Morgan fingerprint density at radius 3 is 2.55 bits per heavy atom. The van der Waals surface area contributed by atoms with E-state index in [4.69, 9.17) is 0 Å². The molecule has 5 nitrogen and oxygen atoms in total. The highest BCUT2D eigenvalue weighted by atomic mass is 32.2. The summed E-state index contributed by atoms with van der Waals surface area (Å²) in [6.07, 6.45) is 1.86. The topological polar surface area (TPSA) is 75.3 Å². The third-order valence-corrected chi connectivity index (χ3v) is 4.92. The summed E-state index contributed by atoms with van der Waals surface area (Å²) in [5, 5.41) is 2.80. The van der Waals surface area contributed by atoms with E-state index in [9.17, 15) is 13.2 Å². The molecule has 3 rings (SSSR count). The molecule has 0 unspecified atom stereocenters. The molecule has 0 atom stereocenters. The molecule has 1 aliphatic rings. The second kappa shape index (κ2) is 5.81. The number of rotatable bonds is 3. The van der Waals surface area contributed by atoms with Gasteiger partial charge in [-0.3, -0.25) is 9.52 Å². The van der Waals surface area contributed by atoms with E-state index in [1.807, 2.05) is 6.07 Å². The number of aryl methyl sites for hydroxylation is 1. The number of anilines is 2. The molecule has 2 aromatic carbocycles. The van der Waals surface area contributed by atoms with Crippen molar-refractivity contribution < 1.29 is 13.2 Å². The Kier molecular flexibility index (Phi) is 3.85. The number of para-hydroxylation sites is 1. The van der Waals surface area contributed by atoms with Crippen LogP contribution in [0.15, 0.2) is 53.4 Å². The maximum Gasteiger partial charge on any atom is 0.261 e. The zero-order valence-corrected chi connectivity index (χ0v) is 12.7. The Morgan fingerprint density at radius 2 is 1.77 bits per heavy atom. The second-order valence-corrected chi connectivity index (χ2v) is 6.87. The highest BCUT2D eigenvalue weighted by Gasteiger charge is 2.18. The number of benzene rings is 2. The predicted octanol–water partition coefficient (Wildman–Crippen LogP) is 2.76. The molecule has 0 fully saturated rings. The average Bonchev–Trinajstić information content (AvgIpc) is 2.67. The fourth-order valence-electron chi connectivity index (χ4n) is 2.44. The van der Waals surface area contributed by atoms with E-state index in [0.717, 1.165) is 5.56 Å². The van der Waals surface area contributed by atoms with Crippen molar-refractivity contribution in [2.45, 2.75) is 24.2 Å². The first-order valence-electron chi connectivity index (χ1n) is 7.05. The fraction of sp³-hybridized carbons (Fsp3) is 0.188. The number of fused-ring (bicyclic) bond motifs is 1. The van der Waals surface area contributed by atoms with E-state index in [2.05, 4.69) is 10.0 Å². The minimum atomic E-state index is -3.63. The van der Waals surface area contributed by atoms with E-state index in [1.165, 1.54) is 6.07 Å².